The lowest BCUT2D eigenvalue weighted by Crippen LogP contribution is -2.36. The summed E-state index contributed by atoms with van der Waals surface area (Å²) in [5, 5.41) is 22.3. The van der Waals surface area contributed by atoms with Gasteiger partial charge in [-0.25, -0.2) is 15.0 Å². The predicted octanol–water partition coefficient (Wildman–Crippen LogP) is -1.82. The molecule has 0 aromatic carbocycles. The van der Waals surface area contributed by atoms with Gasteiger partial charge in [-0.15, -0.1) is 0 Å². The lowest BCUT2D eigenvalue weighted by atomic mass is 10.1. The maximum Gasteiger partial charge on any atom is 0.222 e. The van der Waals surface area contributed by atoms with Gasteiger partial charge in [-0.1, -0.05) is 0 Å². The van der Waals surface area contributed by atoms with E-state index in [0.29, 0.717) is 11.2 Å². The largest absolute Gasteiger partial charge is 0.394 e. The SMILES string of the molecule is CNC(=O)CCOC1[C@@H](O)[C@@H](CO)O[C@H]1n1cnc2c(N)ncnc21. The van der Waals surface area contributed by atoms with Gasteiger partial charge in [0.15, 0.2) is 17.7 Å². The fourth-order valence-corrected chi connectivity index (χ4v) is 2.74. The molecule has 25 heavy (non-hydrogen) atoms. The lowest BCUT2D eigenvalue weighted by molar-refractivity contribution is -0.123. The number of rotatable bonds is 6. The number of hydrogen-bond donors (Lipinski definition) is 4. The highest BCUT2D eigenvalue weighted by atomic mass is 16.6. The van der Waals surface area contributed by atoms with E-state index in [1.54, 1.807) is 4.57 Å². The summed E-state index contributed by atoms with van der Waals surface area (Å²) in [5.41, 5.74) is 6.60. The molecule has 0 aliphatic carbocycles. The number of nitrogens with zero attached hydrogens (tertiary/aromatic N) is 4. The maximum absolute atomic E-state index is 11.3. The fourth-order valence-electron chi connectivity index (χ4n) is 2.74. The third-order valence-electron chi connectivity index (χ3n) is 4.07. The van der Waals surface area contributed by atoms with Crippen molar-refractivity contribution in [2.45, 2.75) is 31.0 Å². The summed E-state index contributed by atoms with van der Waals surface area (Å²) >= 11 is 0. The van der Waals surface area contributed by atoms with Gasteiger partial charge in [-0.2, -0.15) is 0 Å². The molecule has 1 amide bonds. The molecule has 136 valence electrons. The number of aromatic nitrogens is 4. The van der Waals surface area contributed by atoms with Gasteiger partial charge in [-0.05, 0) is 0 Å². The normalized spacial score (nSPS) is 26.2. The summed E-state index contributed by atoms with van der Waals surface area (Å²) in [6, 6.07) is 0. The van der Waals surface area contributed by atoms with Gasteiger partial charge in [0.25, 0.3) is 0 Å². The minimum absolute atomic E-state index is 0.0865. The van der Waals surface area contributed by atoms with Gasteiger partial charge in [-0.3, -0.25) is 9.36 Å². The van der Waals surface area contributed by atoms with Gasteiger partial charge in [0.1, 0.15) is 30.2 Å². The van der Waals surface area contributed by atoms with Crippen LogP contribution in [0.2, 0.25) is 0 Å². The molecular formula is C14H20N6O5. The van der Waals surface area contributed by atoms with Crippen molar-refractivity contribution in [2.75, 3.05) is 26.0 Å². The summed E-state index contributed by atoms with van der Waals surface area (Å²) in [5.74, 6) is 0.0374. The molecule has 3 heterocycles. The van der Waals surface area contributed by atoms with Crippen LogP contribution in [0.5, 0.6) is 0 Å². The van der Waals surface area contributed by atoms with Crippen LogP contribution < -0.4 is 11.1 Å². The van der Waals surface area contributed by atoms with E-state index in [1.807, 2.05) is 0 Å². The van der Waals surface area contributed by atoms with Crippen molar-refractivity contribution in [3.63, 3.8) is 0 Å². The Labute approximate surface area is 142 Å². The first-order valence-corrected chi connectivity index (χ1v) is 7.76. The molecule has 1 aliphatic heterocycles. The molecule has 3 rings (SSSR count). The quantitative estimate of drug-likeness (QED) is 0.470. The van der Waals surface area contributed by atoms with Gasteiger partial charge >= 0.3 is 0 Å². The number of nitrogens with one attached hydrogen (secondary N) is 1. The van der Waals surface area contributed by atoms with Crippen molar-refractivity contribution in [2.24, 2.45) is 0 Å². The number of nitrogens with two attached hydrogens (primary N) is 1. The number of ether oxygens (including phenoxy) is 2. The number of nitrogen functional groups attached to an aromatic ring is 1. The zero-order valence-corrected chi connectivity index (χ0v) is 13.6. The van der Waals surface area contributed by atoms with Crippen LogP contribution in [0.4, 0.5) is 5.82 Å². The van der Waals surface area contributed by atoms with E-state index in [0.717, 1.165) is 0 Å². The Morgan fingerprint density at radius 2 is 2.28 bits per heavy atom. The van der Waals surface area contributed by atoms with E-state index in [-0.39, 0.29) is 31.4 Å². The topological polar surface area (TPSA) is 158 Å². The number of fused-ring (bicyclic) bond motifs is 1. The average molecular weight is 352 g/mol. The van der Waals surface area contributed by atoms with Crippen LogP contribution in [0.3, 0.4) is 0 Å². The molecule has 1 unspecified atom stereocenters. The van der Waals surface area contributed by atoms with Crippen molar-refractivity contribution in [1.29, 1.82) is 0 Å². The number of carbonyl (C=O) groups is 1. The highest BCUT2D eigenvalue weighted by Gasteiger charge is 2.45. The summed E-state index contributed by atoms with van der Waals surface area (Å²) in [6.07, 6.45) is -0.598. The molecule has 4 atom stereocenters. The molecule has 2 aromatic rings. The minimum atomic E-state index is -1.07. The second-order valence-corrected chi connectivity index (χ2v) is 5.58. The second-order valence-electron chi connectivity index (χ2n) is 5.58. The van der Waals surface area contributed by atoms with E-state index in [4.69, 9.17) is 15.2 Å². The van der Waals surface area contributed by atoms with Gasteiger partial charge in [0, 0.05) is 13.5 Å². The number of aliphatic hydroxyl groups excluding tert-OH is 2. The van der Waals surface area contributed by atoms with Crippen LogP contribution in [0, 0.1) is 0 Å². The summed E-state index contributed by atoms with van der Waals surface area (Å²) in [4.78, 5) is 23.5. The van der Waals surface area contributed by atoms with Crippen LogP contribution in [-0.4, -0.2) is 74.2 Å². The molecule has 1 fully saturated rings. The third-order valence-corrected chi connectivity index (χ3v) is 4.07. The summed E-state index contributed by atoms with van der Waals surface area (Å²) in [7, 11) is 1.53. The number of amides is 1. The number of hydrogen-bond acceptors (Lipinski definition) is 9. The van der Waals surface area contributed by atoms with Crippen LogP contribution in [0.1, 0.15) is 12.6 Å². The van der Waals surface area contributed by atoms with Crippen molar-refractivity contribution in [3.8, 4) is 0 Å². The number of imidazole rings is 1. The maximum atomic E-state index is 11.3. The van der Waals surface area contributed by atoms with Crippen molar-refractivity contribution < 1.29 is 24.5 Å². The lowest BCUT2D eigenvalue weighted by Gasteiger charge is -2.22. The molecule has 11 heteroatoms. The van der Waals surface area contributed by atoms with Gasteiger partial charge in [0.05, 0.1) is 19.5 Å². The number of carbonyl (C=O) groups excluding carboxylic acids is 1. The Hall–Kier alpha value is -2.34. The molecule has 0 saturated carbocycles. The Morgan fingerprint density at radius 1 is 1.48 bits per heavy atom. The Bertz CT molecular complexity index is 752. The van der Waals surface area contributed by atoms with Gasteiger partial charge < -0.3 is 30.7 Å². The smallest absolute Gasteiger partial charge is 0.222 e. The standard InChI is InChI=1S/C14H20N6O5/c1-16-8(22)2-3-24-11-10(23)7(4-21)25-14(11)20-6-19-9-12(15)17-5-18-13(9)20/h5-7,10-11,14,21,23H,2-4H2,1H3,(H,16,22)(H2,15,17,18)/t7-,10+,11?,14-/m1/s1. The zero-order chi connectivity index (χ0) is 18.0. The zero-order valence-electron chi connectivity index (χ0n) is 13.6. The molecule has 1 aliphatic rings. The molecule has 5 N–H and O–H groups in total. The Kier molecular flexibility index (Phi) is 5.08. The molecule has 0 bridgehead atoms. The highest BCUT2D eigenvalue weighted by Crippen LogP contribution is 2.33. The highest BCUT2D eigenvalue weighted by molar-refractivity contribution is 5.81. The molecule has 1 saturated heterocycles. The first-order chi connectivity index (χ1) is 12.1. The molecule has 0 spiro atoms. The fraction of sp³-hybridized carbons (Fsp3) is 0.571. The Morgan fingerprint density at radius 3 is 3.00 bits per heavy atom. The molecular weight excluding hydrogens is 332 g/mol. The number of anilines is 1. The predicted molar refractivity (Wildman–Crippen MR) is 85.2 cm³/mol. The summed E-state index contributed by atoms with van der Waals surface area (Å²) < 4.78 is 12.9. The Balaban J connectivity index is 1.85. The first-order valence-electron chi connectivity index (χ1n) is 7.76. The molecule has 2 aromatic heterocycles. The van der Waals surface area contributed by atoms with E-state index < -0.39 is 24.5 Å². The van der Waals surface area contributed by atoms with Crippen molar-refractivity contribution >= 4 is 22.9 Å². The molecule has 11 nitrogen and oxygen atoms in total. The van der Waals surface area contributed by atoms with E-state index in [2.05, 4.69) is 20.3 Å². The second kappa shape index (κ2) is 7.27. The van der Waals surface area contributed by atoms with Crippen molar-refractivity contribution in [1.82, 2.24) is 24.8 Å². The average Bonchev–Trinajstić information content (AvgIpc) is 3.17. The first kappa shape index (κ1) is 17.5. The number of aliphatic hydroxyl groups is 2. The third kappa shape index (κ3) is 3.26. The van der Waals surface area contributed by atoms with Crippen LogP contribution in [0.25, 0.3) is 11.2 Å². The summed E-state index contributed by atoms with van der Waals surface area (Å²) in [6.45, 7) is -0.292. The van der Waals surface area contributed by atoms with Crippen molar-refractivity contribution in [3.05, 3.63) is 12.7 Å². The minimum Gasteiger partial charge on any atom is -0.394 e. The van der Waals surface area contributed by atoms with E-state index in [9.17, 15) is 15.0 Å². The molecule has 0 radical (unpaired) electrons. The van der Waals surface area contributed by atoms with Crippen LogP contribution >= 0.6 is 0 Å². The van der Waals surface area contributed by atoms with Crippen LogP contribution in [0.15, 0.2) is 12.7 Å². The van der Waals surface area contributed by atoms with E-state index in [1.165, 1.54) is 19.7 Å². The van der Waals surface area contributed by atoms with E-state index >= 15 is 0 Å². The van der Waals surface area contributed by atoms with Crippen LogP contribution in [-0.2, 0) is 14.3 Å². The monoisotopic (exact) mass is 352 g/mol. The van der Waals surface area contributed by atoms with Gasteiger partial charge in [0.2, 0.25) is 5.91 Å².